The summed E-state index contributed by atoms with van der Waals surface area (Å²) in [5, 5.41) is 1.21. The molecule has 1 aliphatic rings. The first kappa shape index (κ1) is 7.59. The molecule has 1 heteroatoms. The van der Waals surface area contributed by atoms with E-state index >= 15 is 0 Å². The summed E-state index contributed by atoms with van der Waals surface area (Å²) in [6, 6.07) is 0. The molecule has 0 spiro atoms. The van der Waals surface area contributed by atoms with Crippen LogP contribution in [0.25, 0.3) is 0 Å². The van der Waals surface area contributed by atoms with Gasteiger partial charge >= 0.3 is 0 Å². The van der Waals surface area contributed by atoms with Crippen LogP contribution in [0.2, 0.25) is 0 Å². The van der Waals surface area contributed by atoms with Gasteiger partial charge in [-0.15, -0.1) is 0 Å². The van der Waals surface area contributed by atoms with Crippen molar-refractivity contribution in [2.45, 2.75) is 33.1 Å². The Morgan fingerprint density at radius 3 is 2.33 bits per heavy atom. The minimum atomic E-state index is 0.681. The van der Waals surface area contributed by atoms with Crippen molar-refractivity contribution in [2.75, 3.05) is 5.33 Å². The Morgan fingerprint density at radius 1 is 1.67 bits per heavy atom. The fraction of sp³-hybridized carbons (Fsp3) is 1.00. The normalized spacial score (nSPS) is 42.3. The molecule has 54 valence electrons. The standard InChI is InChI=1S/C8H15Br/c1-3-8(6-9)5-4-7(8)2/h7H,3-6H2,1-2H3. The van der Waals surface area contributed by atoms with Crippen LogP contribution in [-0.2, 0) is 0 Å². The van der Waals surface area contributed by atoms with Crippen molar-refractivity contribution in [2.24, 2.45) is 11.3 Å². The molecular formula is C8H15Br. The molecule has 0 bridgehead atoms. The van der Waals surface area contributed by atoms with Crippen LogP contribution in [0.3, 0.4) is 0 Å². The van der Waals surface area contributed by atoms with Gasteiger partial charge in [-0.05, 0) is 30.6 Å². The predicted molar refractivity (Wildman–Crippen MR) is 44.9 cm³/mol. The first-order valence-electron chi connectivity index (χ1n) is 3.81. The lowest BCUT2D eigenvalue weighted by molar-refractivity contribution is 0.0686. The van der Waals surface area contributed by atoms with Crippen LogP contribution >= 0.6 is 15.9 Å². The highest BCUT2D eigenvalue weighted by molar-refractivity contribution is 9.09. The molecule has 0 aromatic carbocycles. The Bertz CT molecular complexity index is 89.2. The van der Waals surface area contributed by atoms with Gasteiger partial charge < -0.3 is 0 Å². The lowest BCUT2D eigenvalue weighted by atomic mass is 9.61. The summed E-state index contributed by atoms with van der Waals surface area (Å²) < 4.78 is 0. The second-order valence-electron chi connectivity index (χ2n) is 3.29. The third-order valence-electron chi connectivity index (χ3n) is 3.09. The molecule has 2 unspecified atom stereocenters. The molecule has 0 amide bonds. The van der Waals surface area contributed by atoms with E-state index in [9.17, 15) is 0 Å². The Morgan fingerprint density at radius 2 is 2.33 bits per heavy atom. The highest BCUT2D eigenvalue weighted by Crippen LogP contribution is 2.49. The van der Waals surface area contributed by atoms with E-state index in [0.717, 1.165) is 5.92 Å². The maximum atomic E-state index is 3.58. The number of rotatable bonds is 2. The van der Waals surface area contributed by atoms with Crippen LogP contribution in [0.1, 0.15) is 33.1 Å². The Balaban J connectivity index is 2.48. The lowest BCUT2D eigenvalue weighted by Crippen LogP contribution is -2.39. The van der Waals surface area contributed by atoms with Crippen LogP contribution in [0.15, 0.2) is 0 Å². The van der Waals surface area contributed by atoms with E-state index in [1.54, 1.807) is 0 Å². The minimum absolute atomic E-state index is 0.681. The monoisotopic (exact) mass is 190 g/mol. The SMILES string of the molecule is CCC1(CBr)CCC1C. The van der Waals surface area contributed by atoms with E-state index in [-0.39, 0.29) is 0 Å². The molecule has 0 aliphatic heterocycles. The van der Waals surface area contributed by atoms with Gasteiger partial charge in [0.05, 0.1) is 0 Å². The van der Waals surface area contributed by atoms with E-state index in [0.29, 0.717) is 5.41 Å². The average molecular weight is 191 g/mol. The molecule has 0 saturated heterocycles. The van der Waals surface area contributed by atoms with Gasteiger partial charge in [-0.25, -0.2) is 0 Å². The van der Waals surface area contributed by atoms with Gasteiger partial charge in [0, 0.05) is 5.33 Å². The van der Waals surface area contributed by atoms with Gasteiger partial charge in [-0.2, -0.15) is 0 Å². The van der Waals surface area contributed by atoms with Crippen LogP contribution in [0, 0.1) is 11.3 Å². The summed E-state index contributed by atoms with van der Waals surface area (Å²) in [7, 11) is 0. The zero-order chi connectivity index (χ0) is 6.91. The molecule has 0 heterocycles. The maximum Gasteiger partial charge on any atom is 0.00904 e. The Labute approximate surface area is 66.2 Å². The average Bonchev–Trinajstić information content (AvgIpc) is 1.89. The lowest BCUT2D eigenvalue weighted by Gasteiger charge is -2.46. The van der Waals surface area contributed by atoms with Crippen LogP contribution in [0.4, 0.5) is 0 Å². The molecule has 1 saturated carbocycles. The van der Waals surface area contributed by atoms with Crippen LogP contribution in [0.5, 0.6) is 0 Å². The number of hydrogen-bond acceptors (Lipinski definition) is 0. The van der Waals surface area contributed by atoms with Gasteiger partial charge in [-0.1, -0.05) is 29.8 Å². The summed E-state index contributed by atoms with van der Waals surface area (Å²) in [6.45, 7) is 4.67. The first-order valence-corrected chi connectivity index (χ1v) is 4.93. The molecule has 0 aromatic heterocycles. The van der Waals surface area contributed by atoms with Gasteiger partial charge in [0.1, 0.15) is 0 Å². The van der Waals surface area contributed by atoms with E-state index in [1.165, 1.54) is 24.6 Å². The molecule has 9 heavy (non-hydrogen) atoms. The molecule has 0 radical (unpaired) electrons. The smallest absolute Gasteiger partial charge is 0.00904 e. The van der Waals surface area contributed by atoms with Crippen molar-refractivity contribution in [1.29, 1.82) is 0 Å². The van der Waals surface area contributed by atoms with Crippen LogP contribution < -0.4 is 0 Å². The fourth-order valence-corrected chi connectivity index (χ4v) is 2.89. The second kappa shape index (κ2) is 2.61. The minimum Gasteiger partial charge on any atom is -0.0922 e. The highest BCUT2D eigenvalue weighted by Gasteiger charge is 2.40. The maximum absolute atomic E-state index is 3.58. The van der Waals surface area contributed by atoms with Gasteiger partial charge in [0.25, 0.3) is 0 Å². The third-order valence-corrected chi connectivity index (χ3v) is 4.21. The van der Waals surface area contributed by atoms with Gasteiger partial charge in [0.15, 0.2) is 0 Å². The van der Waals surface area contributed by atoms with E-state index in [1.807, 2.05) is 0 Å². The van der Waals surface area contributed by atoms with Crippen molar-refractivity contribution < 1.29 is 0 Å². The highest BCUT2D eigenvalue weighted by atomic mass is 79.9. The Hall–Kier alpha value is 0.480. The summed E-state index contributed by atoms with van der Waals surface area (Å²) in [6.07, 6.45) is 4.23. The predicted octanol–water partition coefficient (Wildman–Crippen LogP) is 3.21. The Kier molecular flexibility index (Phi) is 2.20. The van der Waals surface area contributed by atoms with E-state index < -0.39 is 0 Å². The largest absolute Gasteiger partial charge is 0.0922 e. The molecule has 0 N–H and O–H groups in total. The molecule has 1 fully saturated rings. The summed E-state index contributed by atoms with van der Waals surface area (Å²) in [4.78, 5) is 0. The number of halogens is 1. The molecule has 0 aromatic rings. The van der Waals surface area contributed by atoms with E-state index in [4.69, 9.17) is 0 Å². The topological polar surface area (TPSA) is 0 Å². The molecular weight excluding hydrogens is 176 g/mol. The molecule has 2 atom stereocenters. The summed E-state index contributed by atoms with van der Waals surface area (Å²) in [5.74, 6) is 0.960. The van der Waals surface area contributed by atoms with Crippen molar-refractivity contribution in [3.05, 3.63) is 0 Å². The quantitative estimate of drug-likeness (QED) is 0.588. The first-order chi connectivity index (χ1) is 4.25. The zero-order valence-corrected chi connectivity index (χ0v) is 7.87. The number of hydrogen-bond donors (Lipinski definition) is 0. The molecule has 0 nitrogen and oxygen atoms in total. The van der Waals surface area contributed by atoms with Crippen molar-refractivity contribution in [3.8, 4) is 0 Å². The van der Waals surface area contributed by atoms with Gasteiger partial charge in [0.2, 0.25) is 0 Å². The summed E-state index contributed by atoms with van der Waals surface area (Å²) in [5.41, 5.74) is 0.681. The third kappa shape index (κ3) is 1.04. The van der Waals surface area contributed by atoms with Gasteiger partial charge in [-0.3, -0.25) is 0 Å². The molecule has 1 rings (SSSR count). The fourth-order valence-electron chi connectivity index (χ4n) is 1.66. The number of alkyl halides is 1. The molecule has 1 aliphatic carbocycles. The van der Waals surface area contributed by atoms with Crippen molar-refractivity contribution in [1.82, 2.24) is 0 Å². The van der Waals surface area contributed by atoms with Crippen molar-refractivity contribution in [3.63, 3.8) is 0 Å². The van der Waals surface area contributed by atoms with Crippen LogP contribution in [-0.4, -0.2) is 5.33 Å². The van der Waals surface area contributed by atoms with E-state index in [2.05, 4.69) is 29.8 Å². The zero-order valence-electron chi connectivity index (χ0n) is 6.28. The second-order valence-corrected chi connectivity index (χ2v) is 3.85. The van der Waals surface area contributed by atoms with Crippen molar-refractivity contribution >= 4 is 15.9 Å². The summed E-state index contributed by atoms with van der Waals surface area (Å²) >= 11 is 3.58.